The van der Waals surface area contributed by atoms with Gasteiger partial charge in [-0.15, -0.1) is 0 Å². The Morgan fingerprint density at radius 1 is 1.00 bits per heavy atom. The number of carbonyl (C=O) groups is 1. The molecule has 2 aromatic heterocycles. The number of hydrazone groups is 1. The van der Waals surface area contributed by atoms with Crippen molar-refractivity contribution < 1.29 is 18.7 Å². The van der Waals surface area contributed by atoms with Crippen LogP contribution in [-0.4, -0.2) is 56.3 Å². The van der Waals surface area contributed by atoms with Crippen LogP contribution >= 0.6 is 11.8 Å². The van der Waals surface area contributed by atoms with Gasteiger partial charge in [-0.1, -0.05) is 23.9 Å². The molecule has 10 nitrogen and oxygen atoms in total. The molecule has 1 aliphatic heterocycles. The van der Waals surface area contributed by atoms with Crippen molar-refractivity contribution >= 4 is 34.4 Å². The zero-order chi connectivity index (χ0) is 29.2. The lowest BCUT2D eigenvalue weighted by Gasteiger charge is -2.22. The SMILES string of the molecule is COc1ccc(C2=NN(C(=O)CSc3nc4c(cnn4-c4ccc(F)cc4)c(=O)[nH]3)C(c3ccc(OC)cc3)C2)cc1. The molecular weight excluding hydrogens is 559 g/mol. The first kappa shape index (κ1) is 27.2. The molecule has 5 aromatic rings. The molecule has 6 rings (SSSR count). The number of aromatic amines is 1. The molecule has 12 heteroatoms. The quantitative estimate of drug-likeness (QED) is 0.207. The van der Waals surface area contributed by atoms with Gasteiger partial charge >= 0.3 is 0 Å². The third kappa shape index (κ3) is 5.36. The van der Waals surface area contributed by atoms with E-state index in [-0.39, 0.29) is 39.6 Å². The van der Waals surface area contributed by atoms with Crippen LogP contribution in [0.1, 0.15) is 23.6 Å². The van der Waals surface area contributed by atoms with Gasteiger partial charge in [-0.05, 0) is 71.8 Å². The average Bonchev–Trinajstić information content (AvgIpc) is 3.66. The van der Waals surface area contributed by atoms with Gasteiger partial charge in [-0.25, -0.2) is 19.1 Å². The number of H-pyrrole nitrogens is 1. The van der Waals surface area contributed by atoms with Crippen LogP contribution in [0.2, 0.25) is 0 Å². The number of benzene rings is 3. The topological polar surface area (TPSA) is 115 Å². The summed E-state index contributed by atoms with van der Waals surface area (Å²) in [6.07, 6.45) is 1.93. The van der Waals surface area contributed by atoms with Crippen molar-refractivity contribution in [1.29, 1.82) is 0 Å². The van der Waals surface area contributed by atoms with Crippen LogP contribution in [0.25, 0.3) is 16.7 Å². The van der Waals surface area contributed by atoms with Crippen LogP contribution in [0.4, 0.5) is 4.39 Å². The first-order chi connectivity index (χ1) is 20.4. The molecule has 0 aliphatic carbocycles. The van der Waals surface area contributed by atoms with Crippen molar-refractivity contribution in [2.45, 2.75) is 17.6 Å². The number of nitrogens with one attached hydrogen (secondary N) is 1. The van der Waals surface area contributed by atoms with Crippen molar-refractivity contribution in [3.05, 3.63) is 106 Å². The maximum absolute atomic E-state index is 13.6. The Bertz CT molecular complexity index is 1840. The summed E-state index contributed by atoms with van der Waals surface area (Å²) >= 11 is 1.09. The van der Waals surface area contributed by atoms with Gasteiger partial charge in [0.1, 0.15) is 22.7 Å². The summed E-state index contributed by atoms with van der Waals surface area (Å²) in [4.78, 5) is 33.6. The Morgan fingerprint density at radius 2 is 1.67 bits per heavy atom. The molecule has 1 amide bonds. The second-order valence-electron chi connectivity index (χ2n) is 9.44. The monoisotopic (exact) mass is 584 g/mol. The fraction of sp³-hybridized carbons (Fsp3) is 0.167. The highest BCUT2D eigenvalue weighted by Crippen LogP contribution is 2.34. The number of nitrogens with zero attached hydrogens (tertiary/aromatic N) is 5. The van der Waals surface area contributed by atoms with Gasteiger partial charge in [0.25, 0.3) is 11.5 Å². The Hall–Kier alpha value is -4.97. The summed E-state index contributed by atoms with van der Waals surface area (Å²) in [5, 5.41) is 11.0. The number of amides is 1. The number of carbonyl (C=O) groups excluding carboxylic acids is 1. The summed E-state index contributed by atoms with van der Waals surface area (Å²) < 4.78 is 25.5. The first-order valence-electron chi connectivity index (χ1n) is 13.0. The lowest BCUT2D eigenvalue weighted by atomic mass is 9.98. The van der Waals surface area contributed by atoms with Crippen LogP contribution in [-0.2, 0) is 4.79 Å². The maximum atomic E-state index is 13.6. The molecule has 0 radical (unpaired) electrons. The number of rotatable bonds is 8. The molecule has 212 valence electrons. The van der Waals surface area contributed by atoms with Crippen LogP contribution in [0, 0.1) is 5.82 Å². The van der Waals surface area contributed by atoms with E-state index in [0.717, 1.165) is 34.3 Å². The van der Waals surface area contributed by atoms with E-state index in [2.05, 4.69) is 15.1 Å². The highest BCUT2D eigenvalue weighted by Gasteiger charge is 2.33. The van der Waals surface area contributed by atoms with Gasteiger partial charge in [-0.3, -0.25) is 9.59 Å². The van der Waals surface area contributed by atoms with E-state index < -0.39 is 0 Å². The standard InChI is InChI=1S/C30H25FN6O4S/c1-40-22-11-3-18(4-12-22)25-15-26(19-5-13-23(41-2)14-6-19)37(35-25)27(38)17-42-30-33-28-24(29(39)34-30)16-32-36(28)21-9-7-20(31)8-10-21/h3-14,16,26H,15,17H2,1-2H3,(H,33,34,39). The Balaban J connectivity index is 1.27. The van der Waals surface area contributed by atoms with Gasteiger partial charge in [0, 0.05) is 6.42 Å². The predicted octanol–water partition coefficient (Wildman–Crippen LogP) is 4.74. The number of ether oxygens (including phenoxy) is 2. The zero-order valence-electron chi connectivity index (χ0n) is 22.7. The van der Waals surface area contributed by atoms with Crippen molar-refractivity contribution in [3.8, 4) is 17.2 Å². The zero-order valence-corrected chi connectivity index (χ0v) is 23.5. The van der Waals surface area contributed by atoms with E-state index in [1.165, 1.54) is 28.0 Å². The molecule has 0 bridgehead atoms. The number of halogens is 1. The second kappa shape index (κ2) is 11.5. The molecule has 42 heavy (non-hydrogen) atoms. The van der Waals surface area contributed by atoms with E-state index in [4.69, 9.17) is 14.6 Å². The van der Waals surface area contributed by atoms with E-state index >= 15 is 0 Å². The van der Waals surface area contributed by atoms with Crippen LogP contribution in [0.5, 0.6) is 11.5 Å². The van der Waals surface area contributed by atoms with E-state index in [9.17, 15) is 14.0 Å². The Labute approximate surface area is 243 Å². The van der Waals surface area contributed by atoms with Gasteiger partial charge < -0.3 is 14.5 Å². The average molecular weight is 585 g/mol. The number of methoxy groups -OCH3 is 2. The lowest BCUT2D eigenvalue weighted by Crippen LogP contribution is -2.28. The minimum Gasteiger partial charge on any atom is -0.497 e. The molecule has 1 aliphatic rings. The van der Waals surface area contributed by atoms with Crippen molar-refractivity contribution in [2.24, 2.45) is 5.10 Å². The molecule has 3 heterocycles. The number of fused-ring (bicyclic) bond motifs is 1. The van der Waals surface area contributed by atoms with Gasteiger partial charge in [0.2, 0.25) is 0 Å². The smallest absolute Gasteiger partial charge is 0.262 e. The van der Waals surface area contributed by atoms with E-state index in [1.54, 1.807) is 26.4 Å². The molecule has 0 saturated carbocycles. The van der Waals surface area contributed by atoms with Gasteiger partial charge in [0.15, 0.2) is 10.8 Å². The highest BCUT2D eigenvalue weighted by atomic mass is 32.2. The molecule has 1 N–H and O–H groups in total. The van der Waals surface area contributed by atoms with Crippen molar-refractivity contribution in [1.82, 2.24) is 24.8 Å². The molecule has 0 spiro atoms. The number of hydrogen-bond donors (Lipinski definition) is 1. The normalized spacial score (nSPS) is 14.7. The molecule has 1 unspecified atom stereocenters. The fourth-order valence-electron chi connectivity index (χ4n) is 4.72. The van der Waals surface area contributed by atoms with Gasteiger partial charge in [0.05, 0.1) is 43.6 Å². The molecule has 0 saturated heterocycles. The Morgan fingerprint density at radius 3 is 2.33 bits per heavy atom. The van der Waals surface area contributed by atoms with E-state index in [0.29, 0.717) is 23.5 Å². The van der Waals surface area contributed by atoms with Crippen molar-refractivity contribution in [2.75, 3.05) is 20.0 Å². The lowest BCUT2D eigenvalue weighted by molar-refractivity contribution is -0.130. The first-order valence-corrected chi connectivity index (χ1v) is 14.0. The largest absolute Gasteiger partial charge is 0.497 e. The summed E-state index contributed by atoms with van der Waals surface area (Å²) in [7, 11) is 3.21. The highest BCUT2D eigenvalue weighted by molar-refractivity contribution is 7.99. The summed E-state index contributed by atoms with van der Waals surface area (Å²) in [6, 6.07) is 20.5. The predicted molar refractivity (Wildman–Crippen MR) is 157 cm³/mol. The van der Waals surface area contributed by atoms with Gasteiger partial charge in [-0.2, -0.15) is 10.2 Å². The Kier molecular flexibility index (Phi) is 7.44. The third-order valence-corrected chi connectivity index (χ3v) is 7.77. The minimum absolute atomic E-state index is 0.0226. The summed E-state index contributed by atoms with van der Waals surface area (Å²) in [5.74, 6) is 0.785. The minimum atomic E-state index is -0.389. The van der Waals surface area contributed by atoms with Crippen LogP contribution < -0.4 is 15.0 Å². The van der Waals surface area contributed by atoms with E-state index in [1.807, 2.05) is 48.5 Å². The molecule has 1 atom stereocenters. The summed E-state index contributed by atoms with van der Waals surface area (Å²) in [5.41, 5.74) is 3.04. The maximum Gasteiger partial charge on any atom is 0.262 e. The molecular formula is C30H25FN6O4S. The number of aromatic nitrogens is 4. The molecule has 0 fully saturated rings. The number of thioether (sulfide) groups is 1. The summed E-state index contributed by atoms with van der Waals surface area (Å²) in [6.45, 7) is 0. The van der Waals surface area contributed by atoms with Crippen LogP contribution in [0.15, 0.2) is 94.0 Å². The van der Waals surface area contributed by atoms with Crippen molar-refractivity contribution in [3.63, 3.8) is 0 Å². The third-order valence-electron chi connectivity index (χ3n) is 6.91. The second-order valence-corrected chi connectivity index (χ2v) is 10.4. The molecule has 3 aromatic carbocycles. The fourth-order valence-corrected chi connectivity index (χ4v) is 5.43. The number of hydrogen-bond acceptors (Lipinski definition) is 8. The van der Waals surface area contributed by atoms with Crippen LogP contribution in [0.3, 0.4) is 0 Å².